The van der Waals surface area contributed by atoms with Crippen molar-refractivity contribution in [1.82, 2.24) is 4.90 Å². The number of nitrogens with zero attached hydrogens (tertiary/aromatic N) is 1. The van der Waals surface area contributed by atoms with Crippen molar-refractivity contribution in [2.45, 2.75) is 45.8 Å². The van der Waals surface area contributed by atoms with Gasteiger partial charge in [-0.1, -0.05) is 27.7 Å². The Labute approximate surface area is 88.3 Å². The Morgan fingerprint density at radius 2 is 1.54 bits per heavy atom. The average Bonchev–Trinajstić information content (AvgIpc) is 2.04. The van der Waals surface area contributed by atoms with Gasteiger partial charge < -0.3 is 4.90 Å². The summed E-state index contributed by atoms with van der Waals surface area (Å²) >= 11 is 2.07. The maximum absolute atomic E-state index is 2.58. The zero-order valence-corrected chi connectivity index (χ0v) is 10.5. The van der Waals surface area contributed by atoms with E-state index in [1.54, 1.807) is 0 Å². The standard InChI is InChI=1S/C11H25NS/c1-5-7-12(8-6-2)9-10-13-11(3)4/h11H,5-10H2,1-4H3. The monoisotopic (exact) mass is 203 g/mol. The molecule has 13 heavy (non-hydrogen) atoms. The lowest BCUT2D eigenvalue weighted by Gasteiger charge is -2.20. The Kier molecular flexibility index (Phi) is 9.10. The maximum Gasteiger partial charge on any atom is 0.00724 e. The molecule has 0 N–H and O–H groups in total. The van der Waals surface area contributed by atoms with Crippen molar-refractivity contribution in [1.29, 1.82) is 0 Å². The Bertz CT molecular complexity index is 98.3. The van der Waals surface area contributed by atoms with Crippen molar-refractivity contribution in [2.24, 2.45) is 0 Å². The van der Waals surface area contributed by atoms with E-state index in [2.05, 4.69) is 44.4 Å². The zero-order chi connectivity index (χ0) is 10.1. The van der Waals surface area contributed by atoms with Gasteiger partial charge in [-0.15, -0.1) is 0 Å². The highest BCUT2D eigenvalue weighted by molar-refractivity contribution is 7.99. The van der Waals surface area contributed by atoms with Gasteiger partial charge in [0.2, 0.25) is 0 Å². The normalized spacial score (nSPS) is 11.5. The maximum atomic E-state index is 2.58. The van der Waals surface area contributed by atoms with Crippen LogP contribution in [0.5, 0.6) is 0 Å². The quantitative estimate of drug-likeness (QED) is 0.596. The lowest BCUT2D eigenvalue weighted by Crippen LogP contribution is -2.28. The first-order valence-corrected chi connectivity index (χ1v) is 6.59. The Morgan fingerprint density at radius 3 is 1.92 bits per heavy atom. The van der Waals surface area contributed by atoms with Crippen LogP contribution in [0.4, 0.5) is 0 Å². The molecule has 0 aliphatic rings. The highest BCUT2D eigenvalue weighted by atomic mass is 32.2. The van der Waals surface area contributed by atoms with Crippen molar-refractivity contribution < 1.29 is 0 Å². The molecule has 0 aromatic rings. The summed E-state index contributed by atoms with van der Waals surface area (Å²) in [6.45, 7) is 12.9. The van der Waals surface area contributed by atoms with Crippen LogP contribution in [0.2, 0.25) is 0 Å². The molecule has 0 radical (unpaired) electrons. The van der Waals surface area contributed by atoms with Gasteiger partial charge in [0, 0.05) is 12.3 Å². The Hall–Kier alpha value is 0.310. The van der Waals surface area contributed by atoms with Crippen LogP contribution in [0.1, 0.15) is 40.5 Å². The predicted molar refractivity (Wildman–Crippen MR) is 64.6 cm³/mol. The van der Waals surface area contributed by atoms with Crippen LogP contribution < -0.4 is 0 Å². The van der Waals surface area contributed by atoms with Gasteiger partial charge in [0.25, 0.3) is 0 Å². The molecule has 0 bridgehead atoms. The molecule has 0 amide bonds. The summed E-state index contributed by atoms with van der Waals surface area (Å²) in [6.07, 6.45) is 2.57. The number of hydrogen-bond donors (Lipinski definition) is 0. The van der Waals surface area contributed by atoms with Crippen LogP contribution in [-0.4, -0.2) is 35.5 Å². The minimum atomic E-state index is 0.783. The van der Waals surface area contributed by atoms with Gasteiger partial charge in [0.15, 0.2) is 0 Å². The number of rotatable bonds is 8. The fraction of sp³-hybridized carbons (Fsp3) is 1.00. The van der Waals surface area contributed by atoms with E-state index in [1.165, 1.54) is 38.2 Å². The largest absolute Gasteiger partial charge is 0.303 e. The van der Waals surface area contributed by atoms with Crippen LogP contribution in [0.3, 0.4) is 0 Å². The first-order chi connectivity index (χ1) is 6.20. The van der Waals surface area contributed by atoms with Crippen molar-refractivity contribution in [3.8, 4) is 0 Å². The molecule has 0 saturated heterocycles. The van der Waals surface area contributed by atoms with Crippen molar-refractivity contribution >= 4 is 11.8 Å². The molecule has 0 heterocycles. The summed E-state index contributed by atoms with van der Waals surface area (Å²) in [5, 5.41) is 0.783. The first-order valence-electron chi connectivity index (χ1n) is 5.54. The third-order valence-corrected chi connectivity index (χ3v) is 3.02. The minimum Gasteiger partial charge on any atom is -0.303 e. The smallest absolute Gasteiger partial charge is 0.00724 e. The molecule has 0 saturated carbocycles. The molecule has 0 aromatic heterocycles. The molecule has 0 fully saturated rings. The highest BCUT2D eigenvalue weighted by Crippen LogP contribution is 2.09. The molecule has 0 atom stereocenters. The van der Waals surface area contributed by atoms with Gasteiger partial charge >= 0.3 is 0 Å². The number of hydrogen-bond acceptors (Lipinski definition) is 2. The van der Waals surface area contributed by atoms with Crippen LogP contribution in [0.15, 0.2) is 0 Å². The van der Waals surface area contributed by atoms with E-state index in [0.29, 0.717) is 0 Å². The molecular formula is C11H25NS. The fourth-order valence-corrected chi connectivity index (χ4v) is 2.22. The summed E-state index contributed by atoms with van der Waals surface area (Å²) in [5.41, 5.74) is 0. The van der Waals surface area contributed by atoms with Gasteiger partial charge in [-0.25, -0.2) is 0 Å². The van der Waals surface area contributed by atoms with E-state index < -0.39 is 0 Å². The van der Waals surface area contributed by atoms with E-state index in [1.807, 2.05) is 0 Å². The molecule has 80 valence electrons. The van der Waals surface area contributed by atoms with E-state index in [9.17, 15) is 0 Å². The summed E-state index contributed by atoms with van der Waals surface area (Å²) in [6, 6.07) is 0. The summed E-state index contributed by atoms with van der Waals surface area (Å²) in [5.74, 6) is 1.29. The van der Waals surface area contributed by atoms with E-state index in [4.69, 9.17) is 0 Å². The molecule has 0 aromatic carbocycles. The molecule has 0 aliphatic heterocycles. The third-order valence-electron chi connectivity index (χ3n) is 1.94. The molecule has 2 heteroatoms. The number of thioether (sulfide) groups is 1. The zero-order valence-electron chi connectivity index (χ0n) is 9.68. The average molecular weight is 203 g/mol. The molecular weight excluding hydrogens is 178 g/mol. The van der Waals surface area contributed by atoms with Gasteiger partial charge in [-0.05, 0) is 31.2 Å². The van der Waals surface area contributed by atoms with Crippen LogP contribution >= 0.6 is 11.8 Å². The van der Waals surface area contributed by atoms with Crippen LogP contribution in [-0.2, 0) is 0 Å². The molecule has 0 spiro atoms. The van der Waals surface area contributed by atoms with Gasteiger partial charge in [0.1, 0.15) is 0 Å². The Balaban J connectivity index is 3.44. The van der Waals surface area contributed by atoms with Crippen LogP contribution in [0.25, 0.3) is 0 Å². The van der Waals surface area contributed by atoms with E-state index in [0.717, 1.165) is 5.25 Å². The van der Waals surface area contributed by atoms with Gasteiger partial charge in [-0.3, -0.25) is 0 Å². The van der Waals surface area contributed by atoms with Crippen LogP contribution in [0, 0.1) is 0 Å². The lowest BCUT2D eigenvalue weighted by molar-refractivity contribution is 0.292. The Morgan fingerprint density at radius 1 is 1.00 bits per heavy atom. The second-order valence-corrected chi connectivity index (χ2v) is 5.45. The van der Waals surface area contributed by atoms with E-state index in [-0.39, 0.29) is 0 Å². The highest BCUT2D eigenvalue weighted by Gasteiger charge is 2.02. The van der Waals surface area contributed by atoms with E-state index >= 15 is 0 Å². The molecule has 0 unspecified atom stereocenters. The van der Waals surface area contributed by atoms with Gasteiger partial charge in [-0.2, -0.15) is 11.8 Å². The summed E-state index contributed by atoms with van der Waals surface area (Å²) < 4.78 is 0. The summed E-state index contributed by atoms with van der Waals surface area (Å²) in [7, 11) is 0. The first kappa shape index (κ1) is 13.3. The predicted octanol–water partition coefficient (Wildman–Crippen LogP) is 3.25. The third kappa shape index (κ3) is 8.63. The van der Waals surface area contributed by atoms with Crippen molar-refractivity contribution in [3.05, 3.63) is 0 Å². The second kappa shape index (κ2) is 8.89. The van der Waals surface area contributed by atoms with Crippen molar-refractivity contribution in [2.75, 3.05) is 25.4 Å². The molecule has 0 rings (SSSR count). The topological polar surface area (TPSA) is 3.24 Å². The molecule has 0 aliphatic carbocycles. The second-order valence-electron chi connectivity index (χ2n) is 3.76. The SMILES string of the molecule is CCCN(CCC)CCSC(C)C. The minimum absolute atomic E-state index is 0.783. The summed E-state index contributed by atoms with van der Waals surface area (Å²) in [4.78, 5) is 2.58. The lowest BCUT2D eigenvalue weighted by atomic mass is 10.3. The molecule has 1 nitrogen and oxygen atoms in total. The van der Waals surface area contributed by atoms with Crippen molar-refractivity contribution in [3.63, 3.8) is 0 Å². The fourth-order valence-electron chi connectivity index (χ4n) is 1.39. The van der Waals surface area contributed by atoms with Gasteiger partial charge in [0.05, 0.1) is 0 Å².